The maximum Gasteiger partial charge on any atom is 0.356 e. The van der Waals surface area contributed by atoms with E-state index in [0.29, 0.717) is 17.2 Å². The molecule has 19 heavy (non-hydrogen) atoms. The first-order chi connectivity index (χ1) is 8.88. The van der Waals surface area contributed by atoms with Crippen LogP contribution in [-0.2, 0) is 0 Å². The summed E-state index contributed by atoms with van der Waals surface area (Å²) in [7, 11) is 0. The van der Waals surface area contributed by atoms with Crippen LogP contribution in [0.25, 0.3) is 0 Å². The number of carboxylic acid groups (broad SMARTS) is 1. The van der Waals surface area contributed by atoms with Gasteiger partial charge in [0.25, 0.3) is 0 Å². The van der Waals surface area contributed by atoms with Crippen LogP contribution >= 0.6 is 0 Å². The summed E-state index contributed by atoms with van der Waals surface area (Å²) in [4.78, 5) is 21.1. The van der Waals surface area contributed by atoms with E-state index in [0.717, 1.165) is 25.9 Å². The molecule has 1 aromatic rings. The fourth-order valence-electron chi connectivity index (χ4n) is 2.59. The summed E-state index contributed by atoms with van der Waals surface area (Å²) in [5.74, 6) is 0.352. The maximum absolute atomic E-state index is 10.9. The summed E-state index contributed by atoms with van der Waals surface area (Å²) >= 11 is 0. The highest BCUT2D eigenvalue weighted by molar-refractivity contribution is 5.85. The molecule has 2 rings (SSSR count). The monoisotopic (exact) mass is 263 g/mol. The molecule has 0 bridgehead atoms. The molecule has 0 unspecified atom stereocenters. The molecule has 1 N–H and O–H groups in total. The van der Waals surface area contributed by atoms with E-state index in [1.807, 2.05) is 0 Å². The molecule has 0 aliphatic carbocycles. The van der Waals surface area contributed by atoms with Gasteiger partial charge < -0.3 is 10.0 Å². The lowest BCUT2D eigenvalue weighted by Gasteiger charge is -2.39. The summed E-state index contributed by atoms with van der Waals surface area (Å²) in [6.45, 7) is 8.66. The SMILES string of the molecule is CC(C)(C)C1CCN(c2cncc(C(=O)O)n2)CC1. The van der Waals surface area contributed by atoms with Crippen molar-refractivity contribution in [1.82, 2.24) is 9.97 Å². The first-order valence-electron chi connectivity index (χ1n) is 6.68. The van der Waals surface area contributed by atoms with Gasteiger partial charge in [-0.05, 0) is 24.2 Å². The fraction of sp³-hybridized carbons (Fsp3) is 0.643. The van der Waals surface area contributed by atoms with Crippen LogP contribution in [0.2, 0.25) is 0 Å². The van der Waals surface area contributed by atoms with Crippen LogP contribution in [0, 0.1) is 11.3 Å². The largest absolute Gasteiger partial charge is 0.476 e. The van der Waals surface area contributed by atoms with Crippen LogP contribution in [0.3, 0.4) is 0 Å². The van der Waals surface area contributed by atoms with E-state index >= 15 is 0 Å². The van der Waals surface area contributed by atoms with Gasteiger partial charge in [-0.1, -0.05) is 20.8 Å². The predicted octanol–water partition coefficient (Wildman–Crippen LogP) is 2.44. The van der Waals surface area contributed by atoms with Crippen molar-refractivity contribution >= 4 is 11.8 Å². The number of aromatic carboxylic acids is 1. The van der Waals surface area contributed by atoms with Gasteiger partial charge in [-0.3, -0.25) is 4.98 Å². The molecule has 1 fully saturated rings. The Hall–Kier alpha value is -1.65. The molecule has 1 aromatic heterocycles. The summed E-state index contributed by atoms with van der Waals surface area (Å²) in [6, 6.07) is 0. The van der Waals surface area contributed by atoms with Gasteiger partial charge in [-0.15, -0.1) is 0 Å². The molecule has 0 amide bonds. The average Bonchev–Trinajstić information content (AvgIpc) is 2.38. The Labute approximate surface area is 113 Å². The second kappa shape index (κ2) is 5.15. The third-order valence-corrected chi connectivity index (χ3v) is 3.88. The molecule has 0 radical (unpaired) electrons. The van der Waals surface area contributed by atoms with Crippen LogP contribution in [0.1, 0.15) is 44.1 Å². The molecule has 5 heteroatoms. The Morgan fingerprint density at radius 1 is 1.32 bits per heavy atom. The number of carbonyl (C=O) groups is 1. The Bertz CT molecular complexity index is 460. The zero-order valence-corrected chi connectivity index (χ0v) is 11.8. The van der Waals surface area contributed by atoms with E-state index < -0.39 is 5.97 Å². The minimum Gasteiger partial charge on any atom is -0.476 e. The Kier molecular flexibility index (Phi) is 3.73. The van der Waals surface area contributed by atoms with Gasteiger partial charge in [-0.2, -0.15) is 0 Å². The van der Waals surface area contributed by atoms with E-state index in [2.05, 4.69) is 35.6 Å². The normalized spacial score (nSPS) is 17.5. The molecular formula is C14H21N3O2. The Balaban J connectivity index is 2.05. The van der Waals surface area contributed by atoms with Crippen molar-refractivity contribution in [2.45, 2.75) is 33.6 Å². The smallest absolute Gasteiger partial charge is 0.356 e. The second-order valence-corrected chi connectivity index (χ2v) is 6.20. The molecule has 104 valence electrons. The van der Waals surface area contributed by atoms with Crippen molar-refractivity contribution in [1.29, 1.82) is 0 Å². The first-order valence-corrected chi connectivity index (χ1v) is 6.68. The minimum atomic E-state index is -1.03. The summed E-state index contributed by atoms with van der Waals surface area (Å²) in [5.41, 5.74) is 0.344. The van der Waals surface area contributed by atoms with Crippen LogP contribution < -0.4 is 4.90 Å². The van der Waals surface area contributed by atoms with Crippen molar-refractivity contribution in [3.8, 4) is 0 Å². The maximum atomic E-state index is 10.9. The van der Waals surface area contributed by atoms with Crippen LogP contribution in [0.15, 0.2) is 12.4 Å². The van der Waals surface area contributed by atoms with E-state index in [1.54, 1.807) is 6.20 Å². The molecule has 1 aliphatic heterocycles. The molecule has 2 heterocycles. The number of aromatic nitrogens is 2. The third-order valence-electron chi connectivity index (χ3n) is 3.88. The van der Waals surface area contributed by atoms with Crippen molar-refractivity contribution < 1.29 is 9.90 Å². The summed E-state index contributed by atoms with van der Waals surface area (Å²) in [6.07, 6.45) is 5.16. The number of hydrogen-bond donors (Lipinski definition) is 1. The van der Waals surface area contributed by atoms with Gasteiger partial charge in [0.05, 0.1) is 12.4 Å². The molecule has 0 atom stereocenters. The third kappa shape index (κ3) is 3.22. The molecule has 0 aromatic carbocycles. The Morgan fingerprint density at radius 2 is 1.95 bits per heavy atom. The topological polar surface area (TPSA) is 66.3 Å². The Morgan fingerprint density at radius 3 is 2.47 bits per heavy atom. The van der Waals surface area contributed by atoms with Crippen molar-refractivity contribution in [2.75, 3.05) is 18.0 Å². The van der Waals surface area contributed by atoms with Crippen LogP contribution in [0.4, 0.5) is 5.82 Å². The predicted molar refractivity (Wildman–Crippen MR) is 73.4 cm³/mol. The van der Waals surface area contributed by atoms with Crippen molar-refractivity contribution in [3.63, 3.8) is 0 Å². The first kappa shape index (κ1) is 13.8. The lowest BCUT2D eigenvalue weighted by atomic mass is 9.75. The van der Waals surface area contributed by atoms with E-state index in [-0.39, 0.29) is 5.69 Å². The van der Waals surface area contributed by atoms with Crippen LogP contribution in [0.5, 0.6) is 0 Å². The zero-order valence-electron chi connectivity index (χ0n) is 11.8. The zero-order chi connectivity index (χ0) is 14.0. The number of anilines is 1. The molecule has 5 nitrogen and oxygen atoms in total. The lowest BCUT2D eigenvalue weighted by Crippen LogP contribution is -2.38. The number of carboxylic acids is 1. The highest BCUT2D eigenvalue weighted by atomic mass is 16.4. The number of nitrogens with zero attached hydrogens (tertiary/aromatic N) is 3. The van der Waals surface area contributed by atoms with Crippen molar-refractivity contribution in [3.05, 3.63) is 18.1 Å². The molecular weight excluding hydrogens is 242 g/mol. The summed E-state index contributed by atoms with van der Waals surface area (Å²) < 4.78 is 0. The van der Waals surface area contributed by atoms with Gasteiger partial charge in [-0.25, -0.2) is 9.78 Å². The lowest BCUT2D eigenvalue weighted by molar-refractivity contribution is 0.0690. The van der Waals surface area contributed by atoms with E-state index in [4.69, 9.17) is 5.11 Å². The molecule has 0 spiro atoms. The van der Waals surface area contributed by atoms with E-state index in [1.165, 1.54) is 6.20 Å². The standard InChI is InChI=1S/C14H21N3O2/c1-14(2,3)10-4-6-17(7-5-10)12-9-15-8-11(16-12)13(18)19/h8-10H,4-7H2,1-3H3,(H,18,19). The fourth-order valence-corrected chi connectivity index (χ4v) is 2.59. The minimum absolute atomic E-state index is 0.00967. The molecule has 1 saturated heterocycles. The van der Waals surface area contributed by atoms with Crippen molar-refractivity contribution in [2.24, 2.45) is 11.3 Å². The molecule has 0 saturated carbocycles. The highest BCUT2D eigenvalue weighted by Crippen LogP contribution is 2.35. The average molecular weight is 263 g/mol. The second-order valence-electron chi connectivity index (χ2n) is 6.20. The van der Waals surface area contributed by atoms with Gasteiger partial charge in [0.15, 0.2) is 5.69 Å². The van der Waals surface area contributed by atoms with E-state index in [9.17, 15) is 4.79 Å². The van der Waals surface area contributed by atoms with Gasteiger partial charge in [0.2, 0.25) is 0 Å². The molecule has 1 aliphatic rings. The highest BCUT2D eigenvalue weighted by Gasteiger charge is 2.29. The number of piperidine rings is 1. The van der Waals surface area contributed by atoms with Gasteiger partial charge >= 0.3 is 5.97 Å². The van der Waals surface area contributed by atoms with Gasteiger partial charge in [0, 0.05) is 13.1 Å². The quantitative estimate of drug-likeness (QED) is 0.887. The number of hydrogen-bond acceptors (Lipinski definition) is 4. The number of rotatable bonds is 2. The summed E-state index contributed by atoms with van der Waals surface area (Å²) in [5, 5.41) is 8.94. The van der Waals surface area contributed by atoms with Crippen LogP contribution in [-0.4, -0.2) is 34.1 Å². The van der Waals surface area contributed by atoms with Gasteiger partial charge in [0.1, 0.15) is 5.82 Å².